The molecule has 0 spiro atoms. The number of carbonyl (C=O) groups excluding carboxylic acids is 2. The number of anilines is 4. The van der Waals surface area contributed by atoms with Gasteiger partial charge in [-0.2, -0.15) is 0 Å². The van der Waals surface area contributed by atoms with E-state index in [1.165, 1.54) is 0 Å². The van der Waals surface area contributed by atoms with E-state index in [0.29, 0.717) is 93.1 Å². The molecule has 0 unspecified atom stereocenters. The minimum atomic E-state index is -0.172. The van der Waals surface area contributed by atoms with Crippen molar-refractivity contribution in [3.05, 3.63) is 95.3 Å². The van der Waals surface area contributed by atoms with Gasteiger partial charge in [0, 0.05) is 69.9 Å². The zero-order chi connectivity index (χ0) is 44.0. The molecule has 16 heteroatoms. The summed E-state index contributed by atoms with van der Waals surface area (Å²) >= 11 is 12.5. The van der Waals surface area contributed by atoms with Crippen molar-refractivity contribution in [2.24, 2.45) is 0 Å². The number of aromatic amines is 2. The number of nitrogens with zero attached hydrogens (tertiary/aromatic N) is 2. The molecule has 0 radical (unpaired) electrons. The molecule has 0 saturated heterocycles. The van der Waals surface area contributed by atoms with Crippen molar-refractivity contribution < 1.29 is 38.0 Å². The summed E-state index contributed by atoms with van der Waals surface area (Å²) in [6, 6.07) is 22.6. The molecule has 6 N–H and O–H groups in total. The van der Waals surface area contributed by atoms with Crippen LogP contribution in [-0.4, -0.2) is 89.3 Å². The Balaban J connectivity index is 0.000000172. The average Bonchev–Trinajstić information content (AvgIpc) is 4.10. The Kier molecular flexibility index (Phi) is 11.5. The second-order valence-electron chi connectivity index (χ2n) is 14.9. The van der Waals surface area contributed by atoms with Crippen LogP contribution in [-0.2, 0) is 0 Å². The number of methoxy groups -OCH3 is 6. The van der Waals surface area contributed by atoms with Gasteiger partial charge in [0.2, 0.25) is 11.5 Å². The number of benzene rings is 5. The summed E-state index contributed by atoms with van der Waals surface area (Å²) in [5.41, 5.74) is 19.4. The Hall–Kier alpha value is -6.64. The number of fused-ring (bicyclic) bond motifs is 6. The molecule has 0 fully saturated rings. The minimum Gasteiger partial charge on any atom is -0.493 e. The number of H-pyrrole nitrogens is 2. The van der Waals surface area contributed by atoms with Crippen LogP contribution in [0.2, 0.25) is 0 Å². The van der Waals surface area contributed by atoms with Crippen LogP contribution >= 0.6 is 23.2 Å². The first-order valence-electron chi connectivity index (χ1n) is 19.6. The second-order valence-corrected chi connectivity index (χ2v) is 15.5. The molecule has 62 heavy (non-hydrogen) atoms. The number of alkyl halides is 2. The SMILES string of the molecule is COc1cc2cc(C(=O)N3C[C@@H](CCl)c4c3cc(N)c3ccccc43)[nH]c2c(OC)c1OC.COc1cc2cc(C(=O)N3C[C@@H](CCl)c4ccc(N)cc43)[nH]c2c(OC)c1OC. The topological polar surface area (TPSA) is 180 Å². The molecule has 0 bridgehead atoms. The van der Waals surface area contributed by atoms with Crippen LogP contribution in [0.1, 0.15) is 43.9 Å². The van der Waals surface area contributed by atoms with Gasteiger partial charge >= 0.3 is 0 Å². The van der Waals surface area contributed by atoms with E-state index in [1.807, 2.05) is 54.6 Å². The highest BCUT2D eigenvalue weighted by molar-refractivity contribution is 6.20. The summed E-state index contributed by atoms with van der Waals surface area (Å²) in [6.45, 7) is 0.977. The summed E-state index contributed by atoms with van der Waals surface area (Å²) in [4.78, 5) is 36.9. The van der Waals surface area contributed by atoms with E-state index >= 15 is 0 Å². The number of nitrogens with two attached hydrogens (primary N) is 2. The standard InChI is InChI=1S/C25H24ClN3O4.C21H22ClN3O4/c1-31-20-9-13-8-18(28-22(13)24(33-3)23(20)32-2)25(30)29-12-14(11-26)21-16-7-5-4-6-15(16)17(27)10-19(21)29;1-27-17-7-11-6-15(24-18(11)20(29-3)19(17)28-2)21(26)25-10-12(9-22)14-5-4-13(23)8-16(14)25/h4-10,14,28H,11-12,27H2,1-3H3;4-8,12,24H,9-10,23H2,1-3H3/t14-;12-/m11/s1. The molecule has 14 nitrogen and oxygen atoms in total. The summed E-state index contributed by atoms with van der Waals surface area (Å²) in [5, 5.41) is 3.55. The number of ether oxygens (including phenoxy) is 6. The summed E-state index contributed by atoms with van der Waals surface area (Å²) in [7, 11) is 9.30. The predicted molar refractivity (Wildman–Crippen MR) is 245 cm³/mol. The van der Waals surface area contributed by atoms with Crippen LogP contribution in [0.3, 0.4) is 0 Å². The van der Waals surface area contributed by atoms with Crippen LogP contribution in [0.15, 0.2) is 72.8 Å². The van der Waals surface area contributed by atoms with Crippen LogP contribution in [0.25, 0.3) is 32.6 Å². The molecule has 0 saturated carbocycles. The number of nitrogens with one attached hydrogen (secondary N) is 2. The van der Waals surface area contributed by atoms with E-state index in [-0.39, 0.29) is 23.7 Å². The lowest BCUT2D eigenvalue weighted by Crippen LogP contribution is -2.30. The van der Waals surface area contributed by atoms with Gasteiger partial charge < -0.3 is 59.7 Å². The van der Waals surface area contributed by atoms with Crippen molar-refractivity contribution in [2.75, 3.05) is 88.8 Å². The van der Waals surface area contributed by atoms with Crippen molar-refractivity contribution in [3.63, 3.8) is 0 Å². The molecule has 7 aromatic rings. The number of carbonyl (C=O) groups is 2. The molecule has 0 aliphatic carbocycles. The first-order valence-corrected chi connectivity index (χ1v) is 20.7. The molecule has 2 aromatic heterocycles. The molecule has 322 valence electrons. The lowest BCUT2D eigenvalue weighted by atomic mass is 9.95. The number of nitrogen functional groups attached to an aromatic ring is 2. The molecule has 2 amide bonds. The van der Waals surface area contributed by atoms with Gasteiger partial charge in [0.15, 0.2) is 23.0 Å². The van der Waals surface area contributed by atoms with E-state index in [9.17, 15) is 9.59 Å². The molecule has 4 heterocycles. The fourth-order valence-corrected chi connectivity index (χ4v) is 9.20. The number of halogens is 2. The highest BCUT2D eigenvalue weighted by atomic mass is 35.5. The number of rotatable bonds is 10. The average molecular weight is 882 g/mol. The lowest BCUT2D eigenvalue weighted by molar-refractivity contribution is 0.0977. The van der Waals surface area contributed by atoms with Gasteiger partial charge in [0.05, 0.1) is 59.4 Å². The number of aromatic nitrogens is 2. The predicted octanol–water partition coefficient (Wildman–Crippen LogP) is 8.67. The Morgan fingerprint density at radius 1 is 0.613 bits per heavy atom. The van der Waals surface area contributed by atoms with E-state index < -0.39 is 0 Å². The van der Waals surface area contributed by atoms with E-state index in [0.717, 1.165) is 44.0 Å². The van der Waals surface area contributed by atoms with Gasteiger partial charge in [-0.3, -0.25) is 9.59 Å². The van der Waals surface area contributed by atoms with Crippen LogP contribution in [0.5, 0.6) is 34.5 Å². The maximum Gasteiger partial charge on any atom is 0.274 e. The molecular weight excluding hydrogens is 835 g/mol. The number of hydrogen-bond donors (Lipinski definition) is 4. The third kappa shape index (κ3) is 6.92. The molecule has 2 atom stereocenters. The van der Waals surface area contributed by atoms with Crippen LogP contribution in [0, 0.1) is 0 Å². The van der Waals surface area contributed by atoms with E-state index in [1.54, 1.807) is 70.7 Å². The summed E-state index contributed by atoms with van der Waals surface area (Å²) in [6.07, 6.45) is 0. The van der Waals surface area contributed by atoms with Crippen molar-refractivity contribution in [1.82, 2.24) is 9.97 Å². The lowest BCUT2D eigenvalue weighted by Gasteiger charge is -2.18. The van der Waals surface area contributed by atoms with Gasteiger partial charge in [-0.1, -0.05) is 30.3 Å². The largest absolute Gasteiger partial charge is 0.493 e. The monoisotopic (exact) mass is 880 g/mol. The molecule has 5 aromatic carbocycles. The van der Waals surface area contributed by atoms with Crippen LogP contribution in [0.4, 0.5) is 22.7 Å². The minimum absolute atomic E-state index is 0.00946. The maximum absolute atomic E-state index is 13.7. The second kappa shape index (κ2) is 17.0. The normalized spacial score (nSPS) is 15.3. The van der Waals surface area contributed by atoms with Crippen LogP contribution < -0.4 is 49.7 Å². The quantitative estimate of drug-likeness (QED) is 0.0767. The van der Waals surface area contributed by atoms with Crippen molar-refractivity contribution >= 4 is 90.3 Å². The van der Waals surface area contributed by atoms with E-state index in [2.05, 4.69) is 9.97 Å². The van der Waals surface area contributed by atoms with Crippen molar-refractivity contribution in [3.8, 4) is 34.5 Å². The fourth-order valence-electron chi connectivity index (χ4n) is 8.68. The third-order valence-corrected chi connectivity index (χ3v) is 12.3. The zero-order valence-corrected chi connectivity index (χ0v) is 36.5. The Morgan fingerprint density at radius 3 is 1.61 bits per heavy atom. The van der Waals surface area contributed by atoms with Gasteiger partial charge in [-0.15, -0.1) is 23.2 Å². The summed E-state index contributed by atoms with van der Waals surface area (Å²) < 4.78 is 32.8. The smallest absolute Gasteiger partial charge is 0.274 e. The number of amides is 2. The van der Waals surface area contributed by atoms with Gasteiger partial charge in [-0.05, 0) is 59.0 Å². The molecule has 2 aliphatic heterocycles. The maximum atomic E-state index is 13.7. The van der Waals surface area contributed by atoms with Gasteiger partial charge in [0.1, 0.15) is 11.4 Å². The molecular formula is C46H46Cl2N6O8. The number of hydrogen-bond acceptors (Lipinski definition) is 10. The Morgan fingerprint density at radius 2 is 1.11 bits per heavy atom. The van der Waals surface area contributed by atoms with Crippen molar-refractivity contribution in [2.45, 2.75) is 11.8 Å². The van der Waals surface area contributed by atoms with Gasteiger partial charge in [0.25, 0.3) is 11.8 Å². The zero-order valence-electron chi connectivity index (χ0n) is 35.0. The van der Waals surface area contributed by atoms with E-state index in [4.69, 9.17) is 63.1 Å². The first kappa shape index (κ1) is 42.1. The van der Waals surface area contributed by atoms with Crippen molar-refractivity contribution in [1.29, 1.82) is 0 Å². The highest BCUT2D eigenvalue weighted by Crippen LogP contribution is 2.47. The Bertz CT molecular complexity index is 2880. The molecule has 9 rings (SSSR count). The first-order chi connectivity index (χ1) is 30.0. The fraction of sp³-hybridized carbons (Fsp3) is 0.261. The Labute approximate surface area is 367 Å². The highest BCUT2D eigenvalue weighted by Gasteiger charge is 2.36. The summed E-state index contributed by atoms with van der Waals surface area (Å²) in [5.74, 6) is 3.48. The molecule has 2 aliphatic rings. The third-order valence-electron chi connectivity index (χ3n) is 11.6. The van der Waals surface area contributed by atoms with Gasteiger partial charge in [-0.25, -0.2) is 0 Å².